The number of rotatable bonds is 0. The van der Waals surface area contributed by atoms with Crippen LogP contribution in [0.1, 0.15) is 12.8 Å². The van der Waals surface area contributed by atoms with E-state index in [4.69, 9.17) is 0 Å². The zero-order valence-electron chi connectivity index (χ0n) is 7.10. The second kappa shape index (κ2) is 2.22. The van der Waals surface area contributed by atoms with E-state index >= 15 is 0 Å². The Labute approximate surface area is 75.8 Å². The summed E-state index contributed by atoms with van der Waals surface area (Å²) in [6, 6.07) is 0. The van der Waals surface area contributed by atoms with E-state index in [0.717, 1.165) is 6.42 Å². The van der Waals surface area contributed by atoms with Gasteiger partial charge in [-0.3, -0.25) is 9.59 Å². The summed E-state index contributed by atoms with van der Waals surface area (Å²) in [5.41, 5.74) is 0. The number of fused-ring (bicyclic) bond motifs is 5. The summed E-state index contributed by atoms with van der Waals surface area (Å²) < 4.78 is 4.64. The number of ether oxygens (including phenoxy) is 1. The molecule has 4 unspecified atom stereocenters. The number of esters is 2. The molecule has 2 fully saturated rings. The first-order chi connectivity index (χ1) is 6.25. The van der Waals surface area contributed by atoms with E-state index in [0.29, 0.717) is 18.3 Å². The van der Waals surface area contributed by atoms with Crippen molar-refractivity contribution in [2.45, 2.75) is 12.8 Å². The van der Waals surface area contributed by atoms with Gasteiger partial charge in [-0.1, -0.05) is 12.2 Å². The molecule has 3 heteroatoms. The van der Waals surface area contributed by atoms with Gasteiger partial charge in [-0.2, -0.15) is 0 Å². The smallest absolute Gasteiger partial charge is 0.317 e. The molecule has 3 aliphatic rings. The van der Waals surface area contributed by atoms with Crippen molar-refractivity contribution in [3.8, 4) is 0 Å². The van der Waals surface area contributed by atoms with E-state index in [1.54, 1.807) is 0 Å². The van der Waals surface area contributed by atoms with Crippen molar-refractivity contribution in [3.05, 3.63) is 12.2 Å². The average molecular weight is 178 g/mol. The number of cyclic esters (lactones) is 2. The molecule has 1 saturated heterocycles. The quantitative estimate of drug-likeness (QED) is 0.314. The highest BCUT2D eigenvalue weighted by Crippen LogP contribution is 2.51. The Morgan fingerprint density at radius 2 is 2.00 bits per heavy atom. The van der Waals surface area contributed by atoms with Crippen LogP contribution < -0.4 is 0 Å². The van der Waals surface area contributed by atoms with Crippen LogP contribution in [-0.2, 0) is 14.3 Å². The van der Waals surface area contributed by atoms with Crippen LogP contribution in [0.2, 0.25) is 0 Å². The molecule has 0 radical (unpaired) electrons. The zero-order chi connectivity index (χ0) is 9.00. The van der Waals surface area contributed by atoms with Crippen LogP contribution in [0.3, 0.4) is 0 Å². The van der Waals surface area contributed by atoms with E-state index in [9.17, 15) is 9.59 Å². The molecule has 3 nitrogen and oxygen atoms in total. The minimum absolute atomic E-state index is 0.0206. The van der Waals surface area contributed by atoms with Crippen molar-refractivity contribution in [2.75, 3.05) is 0 Å². The minimum Gasteiger partial charge on any atom is -0.393 e. The Balaban J connectivity index is 1.98. The summed E-state index contributed by atoms with van der Waals surface area (Å²) in [4.78, 5) is 22.4. The van der Waals surface area contributed by atoms with Gasteiger partial charge in [0.15, 0.2) is 0 Å². The molecule has 68 valence electrons. The molecule has 4 atom stereocenters. The Bertz CT molecular complexity index is 318. The maximum Gasteiger partial charge on any atom is 0.317 e. The second-order valence-corrected chi connectivity index (χ2v) is 4.14. The van der Waals surface area contributed by atoms with E-state index in [-0.39, 0.29) is 23.8 Å². The lowest BCUT2D eigenvalue weighted by Crippen LogP contribution is -2.37. The number of hydrogen-bond donors (Lipinski definition) is 0. The molecule has 3 rings (SSSR count). The molecular weight excluding hydrogens is 168 g/mol. The Morgan fingerprint density at radius 1 is 1.23 bits per heavy atom. The molecule has 1 saturated carbocycles. The summed E-state index contributed by atoms with van der Waals surface area (Å²) in [5.74, 6) is 0.379. The van der Waals surface area contributed by atoms with Crippen LogP contribution in [0.5, 0.6) is 0 Å². The lowest BCUT2D eigenvalue weighted by Gasteiger charge is -2.29. The Kier molecular flexibility index (Phi) is 1.25. The van der Waals surface area contributed by atoms with Crippen LogP contribution in [0.15, 0.2) is 12.2 Å². The van der Waals surface area contributed by atoms with Gasteiger partial charge in [0.1, 0.15) is 0 Å². The van der Waals surface area contributed by atoms with Gasteiger partial charge < -0.3 is 4.74 Å². The van der Waals surface area contributed by atoms with Crippen LogP contribution in [0.25, 0.3) is 0 Å². The molecule has 0 N–H and O–H groups in total. The molecular formula is C10H10O3. The lowest BCUT2D eigenvalue weighted by atomic mass is 9.80. The third kappa shape index (κ3) is 0.844. The van der Waals surface area contributed by atoms with Crippen molar-refractivity contribution >= 4 is 11.9 Å². The van der Waals surface area contributed by atoms with Crippen LogP contribution in [0.4, 0.5) is 0 Å². The molecule has 0 spiro atoms. The van der Waals surface area contributed by atoms with Crippen molar-refractivity contribution in [3.63, 3.8) is 0 Å². The number of hydrogen-bond acceptors (Lipinski definition) is 3. The average Bonchev–Trinajstić information content (AvgIpc) is 2.62. The summed E-state index contributed by atoms with van der Waals surface area (Å²) >= 11 is 0. The minimum atomic E-state index is -0.341. The van der Waals surface area contributed by atoms with Crippen LogP contribution in [-0.4, -0.2) is 11.9 Å². The van der Waals surface area contributed by atoms with Crippen molar-refractivity contribution < 1.29 is 14.3 Å². The second-order valence-electron chi connectivity index (χ2n) is 4.14. The topological polar surface area (TPSA) is 43.4 Å². The van der Waals surface area contributed by atoms with Crippen LogP contribution >= 0.6 is 0 Å². The van der Waals surface area contributed by atoms with Crippen molar-refractivity contribution in [1.82, 2.24) is 0 Å². The fourth-order valence-corrected chi connectivity index (χ4v) is 2.97. The molecule has 13 heavy (non-hydrogen) atoms. The molecule has 2 bridgehead atoms. The van der Waals surface area contributed by atoms with Crippen LogP contribution in [0, 0.1) is 23.7 Å². The summed E-state index contributed by atoms with van der Waals surface area (Å²) in [6.45, 7) is 0. The van der Waals surface area contributed by atoms with Gasteiger partial charge in [0.25, 0.3) is 0 Å². The summed E-state index contributed by atoms with van der Waals surface area (Å²) in [6.07, 6.45) is 5.72. The largest absolute Gasteiger partial charge is 0.393 e. The third-order valence-electron chi connectivity index (χ3n) is 3.51. The highest BCUT2D eigenvalue weighted by atomic mass is 16.6. The van der Waals surface area contributed by atoms with Crippen molar-refractivity contribution in [2.24, 2.45) is 23.7 Å². The molecule has 0 aromatic carbocycles. The maximum atomic E-state index is 11.4. The monoisotopic (exact) mass is 178 g/mol. The summed E-state index contributed by atoms with van der Waals surface area (Å²) in [7, 11) is 0. The van der Waals surface area contributed by atoms with Gasteiger partial charge in [0.2, 0.25) is 0 Å². The molecule has 2 aliphatic carbocycles. The lowest BCUT2D eigenvalue weighted by molar-refractivity contribution is -0.171. The molecule has 0 amide bonds. The molecule has 0 aromatic heterocycles. The van der Waals surface area contributed by atoms with Crippen molar-refractivity contribution in [1.29, 1.82) is 0 Å². The number of carbonyl (C=O) groups is 2. The van der Waals surface area contributed by atoms with E-state index in [1.807, 2.05) is 0 Å². The Hall–Kier alpha value is -1.12. The highest BCUT2D eigenvalue weighted by molar-refractivity contribution is 5.90. The normalized spacial score (nSPS) is 46.5. The molecule has 0 aromatic rings. The first kappa shape index (κ1) is 7.30. The van der Waals surface area contributed by atoms with Gasteiger partial charge in [0.05, 0.1) is 12.3 Å². The van der Waals surface area contributed by atoms with Gasteiger partial charge >= 0.3 is 11.9 Å². The molecule has 1 aliphatic heterocycles. The van der Waals surface area contributed by atoms with E-state index in [2.05, 4.69) is 16.9 Å². The number of carbonyl (C=O) groups excluding carboxylic acids is 2. The predicted molar refractivity (Wildman–Crippen MR) is 43.4 cm³/mol. The number of allylic oxidation sites excluding steroid dienone is 2. The van der Waals surface area contributed by atoms with E-state index in [1.165, 1.54) is 0 Å². The maximum absolute atomic E-state index is 11.4. The van der Waals surface area contributed by atoms with Gasteiger partial charge in [0, 0.05) is 0 Å². The Morgan fingerprint density at radius 3 is 2.85 bits per heavy atom. The predicted octanol–water partition coefficient (Wildman–Crippen LogP) is 0.898. The van der Waals surface area contributed by atoms with Gasteiger partial charge in [-0.25, -0.2) is 0 Å². The SMILES string of the molecule is O=C1CC2C3C=CC(C3)C2C(=O)O1. The standard InChI is InChI=1S/C10H10O3/c11-8-4-7-5-1-2-6(3-5)9(7)10(12)13-8/h1-2,5-7,9H,3-4H2. The zero-order valence-corrected chi connectivity index (χ0v) is 7.10. The van der Waals surface area contributed by atoms with Gasteiger partial charge in [-0.15, -0.1) is 0 Å². The highest BCUT2D eigenvalue weighted by Gasteiger charge is 2.52. The van der Waals surface area contributed by atoms with E-state index < -0.39 is 0 Å². The van der Waals surface area contributed by atoms with Gasteiger partial charge in [-0.05, 0) is 24.2 Å². The fraction of sp³-hybridized carbons (Fsp3) is 0.600. The summed E-state index contributed by atoms with van der Waals surface area (Å²) in [5, 5.41) is 0. The molecule has 1 heterocycles. The third-order valence-corrected chi connectivity index (χ3v) is 3.51. The first-order valence-corrected chi connectivity index (χ1v) is 4.68. The first-order valence-electron chi connectivity index (χ1n) is 4.68. The fourth-order valence-electron chi connectivity index (χ4n) is 2.97.